The average Bonchev–Trinajstić information content (AvgIpc) is 3.63. The summed E-state index contributed by atoms with van der Waals surface area (Å²) in [7, 11) is 0. The summed E-state index contributed by atoms with van der Waals surface area (Å²) in [5, 5.41) is 25.2. The molecule has 1 fully saturated rings. The standard InChI is InChI=1S/C30H36N6O7/c31-21(15-18-16-33-22-5-2-1-4-20(18)22)29(41)36-13-3-6-25(36)28(40)34-23(11-12-26(32)38)27(39)35-24(30(42)43)14-17-7-9-19(37)10-8-17/h1-2,4-5,7-10,16,21,23-25,33,37H,3,6,11-15,31H2,(H2,32,38)(H,34,40)(H,35,39)(H,42,43). The normalized spacial score (nSPS) is 16.8. The number of likely N-dealkylation sites (tertiary alicyclic amines) is 1. The molecule has 4 atom stereocenters. The molecule has 4 rings (SSSR count). The van der Waals surface area contributed by atoms with Gasteiger partial charge in [-0.2, -0.15) is 0 Å². The third-order valence-corrected chi connectivity index (χ3v) is 7.57. The van der Waals surface area contributed by atoms with Gasteiger partial charge in [-0.15, -0.1) is 0 Å². The number of fused-ring (bicyclic) bond motifs is 1. The molecule has 0 bridgehead atoms. The Labute approximate surface area is 247 Å². The molecule has 3 aromatic rings. The number of carboxylic acids is 1. The highest BCUT2D eigenvalue weighted by Gasteiger charge is 2.38. The van der Waals surface area contributed by atoms with Gasteiger partial charge in [0.25, 0.3) is 0 Å². The Hall–Kier alpha value is -4.91. The first-order valence-corrected chi connectivity index (χ1v) is 14.0. The number of nitrogens with zero attached hydrogens (tertiary/aromatic N) is 1. The van der Waals surface area contributed by atoms with E-state index < -0.39 is 53.8 Å². The molecule has 2 aromatic carbocycles. The number of aliphatic carboxylic acids is 1. The largest absolute Gasteiger partial charge is 0.508 e. The van der Waals surface area contributed by atoms with Gasteiger partial charge in [0, 0.05) is 36.5 Å². The lowest BCUT2D eigenvalue weighted by Gasteiger charge is -2.28. The van der Waals surface area contributed by atoms with Gasteiger partial charge in [0.1, 0.15) is 23.9 Å². The average molecular weight is 593 g/mol. The molecule has 228 valence electrons. The maximum atomic E-state index is 13.4. The van der Waals surface area contributed by atoms with Gasteiger partial charge in [-0.25, -0.2) is 4.79 Å². The van der Waals surface area contributed by atoms with E-state index in [0.29, 0.717) is 24.9 Å². The number of para-hydroxylation sites is 1. The molecular weight excluding hydrogens is 556 g/mol. The SMILES string of the molecule is NC(=O)CCC(NC(=O)C1CCCN1C(=O)C(N)Cc1c[nH]c2ccccc12)C(=O)NC(Cc1ccc(O)cc1)C(=O)O. The van der Waals surface area contributed by atoms with Gasteiger partial charge in [0.15, 0.2) is 0 Å². The molecule has 1 aliphatic rings. The zero-order chi connectivity index (χ0) is 31.1. The molecule has 4 unspecified atom stereocenters. The Bertz CT molecular complexity index is 1490. The number of primary amides is 1. The summed E-state index contributed by atoms with van der Waals surface area (Å²) in [6.45, 7) is 0.310. The van der Waals surface area contributed by atoms with Crippen LogP contribution in [0.5, 0.6) is 5.75 Å². The fourth-order valence-corrected chi connectivity index (χ4v) is 5.30. The second-order valence-corrected chi connectivity index (χ2v) is 10.7. The molecule has 4 amide bonds. The van der Waals surface area contributed by atoms with Crippen LogP contribution in [0.25, 0.3) is 10.9 Å². The van der Waals surface area contributed by atoms with Crippen LogP contribution in [0, 0.1) is 0 Å². The van der Waals surface area contributed by atoms with Gasteiger partial charge in [0.2, 0.25) is 23.6 Å². The number of hydrogen-bond acceptors (Lipinski definition) is 7. The van der Waals surface area contributed by atoms with Gasteiger partial charge < -0.3 is 42.2 Å². The van der Waals surface area contributed by atoms with Crippen molar-refractivity contribution in [1.82, 2.24) is 20.5 Å². The van der Waals surface area contributed by atoms with E-state index in [2.05, 4.69) is 15.6 Å². The minimum Gasteiger partial charge on any atom is -0.508 e. The number of aromatic nitrogens is 1. The van der Waals surface area contributed by atoms with Crippen LogP contribution in [0.3, 0.4) is 0 Å². The van der Waals surface area contributed by atoms with Gasteiger partial charge in [-0.3, -0.25) is 19.2 Å². The zero-order valence-corrected chi connectivity index (χ0v) is 23.5. The molecule has 13 nitrogen and oxygen atoms in total. The Morgan fingerprint density at radius 3 is 2.42 bits per heavy atom. The Morgan fingerprint density at radius 2 is 1.72 bits per heavy atom. The molecule has 0 saturated carbocycles. The topological polar surface area (TPSA) is 221 Å². The Kier molecular flexibility index (Phi) is 9.99. The fraction of sp³-hybridized carbons (Fsp3) is 0.367. The predicted octanol–water partition coefficient (Wildman–Crippen LogP) is 0.297. The smallest absolute Gasteiger partial charge is 0.326 e. The molecular formula is C30H36N6O7. The molecule has 13 heteroatoms. The number of rotatable bonds is 13. The maximum absolute atomic E-state index is 13.4. The molecule has 1 aromatic heterocycles. The minimum absolute atomic E-state index is 0.00671. The number of aromatic amines is 1. The van der Waals surface area contributed by atoms with Crippen LogP contribution in [0.1, 0.15) is 36.8 Å². The summed E-state index contributed by atoms with van der Waals surface area (Å²) in [6.07, 6.45) is 2.47. The highest BCUT2D eigenvalue weighted by Crippen LogP contribution is 2.22. The number of benzene rings is 2. The van der Waals surface area contributed by atoms with Crippen LogP contribution in [0.4, 0.5) is 0 Å². The van der Waals surface area contributed by atoms with Crippen molar-refractivity contribution in [3.05, 3.63) is 65.9 Å². The van der Waals surface area contributed by atoms with E-state index in [0.717, 1.165) is 16.5 Å². The van der Waals surface area contributed by atoms with E-state index in [-0.39, 0.29) is 31.4 Å². The zero-order valence-electron chi connectivity index (χ0n) is 23.5. The number of amides is 4. The van der Waals surface area contributed by atoms with Crippen LogP contribution >= 0.6 is 0 Å². The van der Waals surface area contributed by atoms with Crippen LogP contribution in [-0.4, -0.2) is 80.4 Å². The molecule has 0 radical (unpaired) electrons. The van der Waals surface area contributed by atoms with E-state index in [1.54, 1.807) is 6.20 Å². The van der Waals surface area contributed by atoms with Crippen LogP contribution < -0.4 is 22.1 Å². The number of nitrogens with one attached hydrogen (secondary N) is 3. The first kappa shape index (κ1) is 31.0. The van der Waals surface area contributed by atoms with Crippen molar-refractivity contribution in [3.8, 4) is 5.75 Å². The lowest BCUT2D eigenvalue weighted by atomic mass is 10.0. The number of carbonyl (C=O) groups is 5. The summed E-state index contributed by atoms with van der Waals surface area (Å²) >= 11 is 0. The van der Waals surface area contributed by atoms with Gasteiger partial charge in [-0.1, -0.05) is 30.3 Å². The first-order chi connectivity index (χ1) is 20.5. The molecule has 0 aliphatic carbocycles. The third kappa shape index (κ3) is 7.89. The fourth-order valence-electron chi connectivity index (χ4n) is 5.30. The highest BCUT2D eigenvalue weighted by molar-refractivity contribution is 5.95. The van der Waals surface area contributed by atoms with Crippen molar-refractivity contribution >= 4 is 40.5 Å². The summed E-state index contributed by atoms with van der Waals surface area (Å²) < 4.78 is 0. The summed E-state index contributed by atoms with van der Waals surface area (Å²) in [4.78, 5) is 67.9. The van der Waals surface area contributed by atoms with Gasteiger partial charge in [-0.05, 0) is 55.0 Å². The second-order valence-electron chi connectivity index (χ2n) is 10.7. The number of H-pyrrole nitrogens is 1. The summed E-state index contributed by atoms with van der Waals surface area (Å²) in [6, 6.07) is 9.06. The second kappa shape index (κ2) is 13.8. The van der Waals surface area contributed by atoms with E-state index in [9.17, 15) is 34.2 Å². The number of hydrogen-bond donors (Lipinski definition) is 7. The van der Waals surface area contributed by atoms with Gasteiger partial charge >= 0.3 is 5.97 Å². The van der Waals surface area contributed by atoms with Crippen molar-refractivity contribution < 1.29 is 34.2 Å². The van der Waals surface area contributed by atoms with E-state index in [1.165, 1.54) is 29.2 Å². The molecule has 43 heavy (non-hydrogen) atoms. The van der Waals surface area contributed by atoms with Crippen molar-refractivity contribution in [3.63, 3.8) is 0 Å². The Morgan fingerprint density at radius 1 is 1.00 bits per heavy atom. The molecule has 2 heterocycles. The number of aromatic hydroxyl groups is 1. The molecule has 9 N–H and O–H groups in total. The van der Waals surface area contributed by atoms with Crippen LogP contribution in [-0.2, 0) is 36.8 Å². The number of phenols is 1. The van der Waals surface area contributed by atoms with Crippen molar-refractivity contribution in [2.24, 2.45) is 11.5 Å². The van der Waals surface area contributed by atoms with E-state index >= 15 is 0 Å². The quantitative estimate of drug-likeness (QED) is 0.146. The number of carboxylic acid groups (broad SMARTS) is 1. The molecule has 1 aliphatic heterocycles. The van der Waals surface area contributed by atoms with Crippen molar-refractivity contribution in [2.45, 2.75) is 62.7 Å². The molecule has 0 spiro atoms. The monoisotopic (exact) mass is 592 g/mol. The molecule has 1 saturated heterocycles. The summed E-state index contributed by atoms with van der Waals surface area (Å²) in [5.74, 6) is -3.83. The predicted molar refractivity (Wildman–Crippen MR) is 156 cm³/mol. The highest BCUT2D eigenvalue weighted by atomic mass is 16.4. The lowest BCUT2D eigenvalue weighted by molar-refractivity contribution is -0.143. The number of phenolic OH excluding ortho intramolecular Hbond substituents is 1. The minimum atomic E-state index is -1.35. The van der Waals surface area contributed by atoms with Crippen molar-refractivity contribution in [1.29, 1.82) is 0 Å². The first-order valence-electron chi connectivity index (χ1n) is 14.0. The Balaban J connectivity index is 1.43. The van der Waals surface area contributed by atoms with Crippen LogP contribution in [0.2, 0.25) is 0 Å². The van der Waals surface area contributed by atoms with Crippen molar-refractivity contribution in [2.75, 3.05) is 6.54 Å². The van der Waals surface area contributed by atoms with Crippen LogP contribution in [0.15, 0.2) is 54.7 Å². The third-order valence-electron chi connectivity index (χ3n) is 7.57. The maximum Gasteiger partial charge on any atom is 0.326 e. The number of carbonyl (C=O) groups excluding carboxylic acids is 4. The lowest BCUT2D eigenvalue weighted by Crippen LogP contribution is -2.57. The summed E-state index contributed by atoms with van der Waals surface area (Å²) in [5.41, 5.74) is 13.9. The van der Waals surface area contributed by atoms with Gasteiger partial charge in [0.05, 0.1) is 6.04 Å². The van der Waals surface area contributed by atoms with E-state index in [1.807, 2.05) is 24.3 Å². The number of nitrogens with two attached hydrogens (primary N) is 2. The van der Waals surface area contributed by atoms with E-state index in [4.69, 9.17) is 11.5 Å².